The number of nitrogens with zero attached hydrogens (tertiary/aromatic N) is 4. The molecule has 10 nitrogen and oxygen atoms in total. The molecule has 2 aromatic heterocycles. The highest BCUT2D eigenvalue weighted by Crippen LogP contribution is 2.38. The van der Waals surface area contributed by atoms with Crippen LogP contribution in [0.4, 0.5) is 11.5 Å². The molecule has 2 aromatic carbocycles. The second-order valence-electron chi connectivity index (χ2n) is 7.36. The van der Waals surface area contributed by atoms with E-state index in [-0.39, 0.29) is 18.1 Å². The third kappa shape index (κ3) is 4.36. The van der Waals surface area contributed by atoms with E-state index in [0.717, 1.165) is 5.56 Å². The zero-order valence-corrected chi connectivity index (χ0v) is 18.7. The molecule has 0 saturated carbocycles. The summed E-state index contributed by atoms with van der Waals surface area (Å²) >= 11 is 0. The summed E-state index contributed by atoms with van der Waals surface area (Å²) in [6.45, 7) is 3.94. The van der Waals surface area contributed by atoms with Crippen molar-refractivity contribution in [3.8, 4) is 23.0 Å². The molecule has 0 atom stereocenters. The molecule has 0 saturated heterocycles. The first-order valence-corrected chi connectivity index (χ1v) is 10.2. The van der Waals surface area contributed by atoms with Crippen molar-refractivity contribution in [3.05, 3.63) is 65.2 Å². The normalized spacial score (nSPS) is 10.8. The van der Waals surface area contributed by atoms with Crippen molar-refractivity contribution in [1.29, 1.82) is 0 Å². The van der Waals surface area contributed by atoms with Gasteiger partial charge in [-0.3, -0.25) is 4.79 Å². The Morgan fingerprint density at radius 3 is 2.58 bits per heavy atom. The van der Waals surface area contributed by atoms with Crippen LogP contribution in [0.2, 0.25) is 0 Å². The molecule has 3 N–H and O–H groups in total. The van der Waals surface area contributed by atoms with E-state index in [9.17, 15) is 4.79 Å². The minimum atomic E-state index is -0.443. The van der Waals surface area contributed by atoms with Gasteiger partial charge in [0.05, 0.1) is 26.3 Å². The molecule has 2 heterocycles. The van der Waals surface area contributed by atoms with E-state index in [1.54, 1.807) is 39.3 Å². The number of ether oxygens (including phenoxy) is 2. The Labute approximate surface area is 190 Å². The molecule has 0 aliphatic heterocycles. The number of nitrogen functional groups attached to an aromatic ring is 1. The number of carbonyl (C=O) groups excluding carboxylic acids is 1. The monoisotopic (exact) mass is 448 g/mol. The number of nitrogens with two attached hydrogens (primary N) is 1. The van der Waals surface area contributed by atoms with Gasteiger partial charge >= 0.3 is 0 Å². The topological polar surface area (TPSA) is 130 Å². The highest BCUT2D eigenvalue weighted by molar-refractivity contribution is 6.05. The summed E-state index contributed by atoms with van der Waals surface area (Å²) in [5.74, 6) is 1.72. The van der Waals surface area contributed by atoms with E-state index in [2.05, 4.69) is 20.6 Å². The van der Waals surface area contributed by atoms with E-state index in [1.165, 1.54) is 4.68 Å². The number of aryl methyl sites for hydroxylation is 2. The van der Waals surface area contributed by atoms with Crippen LogP contribution in [0.15, 0.2) is 46.9 Å². The summed E-state index contributed by atoms with van der Waals surface area (Å²) in [6.07, 6.45) is 0. The average molecular weight is 448 g/mol. The van der Waals surface area contributed by atoms with Gasteiger partial charge in [-0.25, -0.2) is 9.67 Å². The van der Waals surface area contributed by atoms with Gasteiger partial charge in [-0.2, -0.15) is 0 Å². The molecule has 170 valence electrons. The molecular formula is C23H24N6O4. The van der Waals surface area contributed by atoms with Gasteiger partial charge in [-0.1, -0.05) is 29.0 Å². The Hall–Kier alpha value is -4.34. The van der Waals surface area contributed by atoms with Gasteiger partial charge in [0.25, 0.3) is 5.91 Å². The number of carbonyl (C=O) groups is 1. The molecule has 4 rings (SSSR count). The van der Waals surface area contributed by atoms with Gasteiger partial charge in [0.15, 0.2) is 23.0 Å². The molecule has 0 aliphatic carbocycles. The van der Waals surface area contributed by atoms with Crippen molar-refractivity contribution in [2.45, 2.75) is 20.4 Å². The maximum Gasteiger partial charge on any atom is 0.280 e. The molecular weight excluding hydrogens is 424 g/mol. The van der Waals surface area contributed by atoms with Crippen LogP contribution in [0.1, 0.15) is 27.5 Å². The summed E-state index contributed by atoms with van der Waals surface area (Å²) in [4.78, 5) is 17.2. The maximum atomic E-state index is 12.6. The van der Waals surface area contributed by atoms with Gasteiger partial charge in [0, 0.05) is 5.69 Å². The van der Waals surface area contributed by atoms with Gasteiger partial charge in [-0.15, -0.1) is 5.10 Å². The van der Waals surface area contributed by atoms with Crippen LogP contribution in [0.25, 0.3) is 11.5 Å². The highest BCUT2D eigenvalue weighted by Gasteiger charge is 2.22. The summed E-state index contributed by atoms with van der Waals surface area (Å²) in [5.41, 5.74) is 9.17. The van der Waals surface area contributed by atoms with Gasteiger partial charge in [0.1, 0.15) is 11.5 Å². The zero-order chi connectivity index (χ0) is 23.5. The number of aromatic nitrogens is 4. The Morgan fingerprint density at radius 2 is 1.88 bits per heavy atom. The lowest BCUT2D eigenvalue weighted by molar-refractivity contribution is 0.102. The lowest BCUT2D eigenvalue weighted by atomic mass is 10.2. The molecule has 0 aliphatic rings. The summed E-state index contributed by atoms with van der Waals surface area (Å²) < 4.78 is 18.1. The van der Waals surface area contributed by atoms with Crippen LogP contribution in [0, 0.1) is 13.8 Å². The number of para-hydroxylation sites is 1. The number of hydrogen-bond donors (Lipinski definition) is 2. The summed E-state index contributed by atoms with van der Waals surface area (Å²) in [7, 11) is 3.12. The predicted molar refractivity (Wildman–Crippen MR) is 122 cm³/mol. The van der Waals surface area contributed by atoms with E-state index in [1.807, 2.05) is 31.2 Å². The molecule has 0 unspecified atom stereocenters. The first kappa shape index (κ1) is 21.9. The maximum absolute atomic E-state index is 12.6. The second-order valence-corrected chi connectivity index (χ2v) is 7.36. The van der Waals surface area contributed by atoms with E-state index >= 15 is 0 Å². The van der Waals surface area contributed by atoms with Crippen LogP contribution in [-0.2, 0) is 6.54 Å². The number of hydrogen-bond acceptors (Lipinski definition) is 8. The minimum absolute atomic E-state index is 0.0337. The van der Waals surface area contributed by atoms with Crippen LogP contribution < -0.4 is 20.5 Å². The average Bonchev–Trinajstić information content (AvgIpc) is 3.37. The van der Waals surface area contributed by atoms with Crippen molar-refractivity contribution in [1.82, 2.24) is 20.0 Å². The Bertz CT molecular complexity index is 1290. The van der Waals surface area contributed by atoms with E-state index in [0.29, 0.717) is 40.1 Å². The Morgan fingerprint density at radius 1 is 1.12 bits per heavy atom. The number of oxazole rings is 1. The molecule has 10 heteroatoms. The molecule has 0 bridgehead atoms. The number of benzene rings is 2. The molecule has 0 fully saturated rings. The fraction of sp³-hybridized carbons (Fsp3) is 0.217. The molecule has 33 heavy (non-hydrogen) atoms. The lowest BCUT2D eigenvalue weighted by Gasteiger charge is -2.09. The van der Waals surface area contributed by atoms with Crippen LogP contribution in [0.5, 0.6) is 11.5 Å². The summed E-state index contributed by atoms with van der Waals surface area (Å²) in [5, 5.41) is 10.7. The van der Waals surface area contributed by atoms with E-state index in [4.69, 9.17) is 19.6 Å². The number of amides is 1. The quantitative estimate of drug-likeness (QED) is 0.440. The van der Waals surface area contributed by atoms with Gasteiger partial charge < -0.3 is 24.9 Å². The summed E-state index contributed by atoms with van der Waals surface area (Å²) in [6, 6.07) is 12.9. The smallest absolute Gasteiger partial charge is 0.280 e. The van der Waals surface area contributed by atoms with E-state index < -0.39 is 5.91 Å². The Kier molecular flexibility index (Phi) is 5.99. The van der Waals surface area contributed by atoms with Crippen molar-refractivity contribution in [3.63, 3.8) is 0 Å². The molecule has 1 amide bonds. The molecule has 0 spiro atoms. The molecule has 4 aromatic rings. The van der Waals surface area contributed by atoms with Crippen LogP contribution in [-0.4, -0.2) is 40.1 Å². The largest absolute Gasteiger partial charge is 0.493 e. The van der Waals surface area contributed by atoms with Gasteiger partial charge in [0.2, 0.25) is 5.89 Å². The number of rotatable bonds is 7. The minimum Gasteiger partial charge on any atom is -0.493 e. The Balaban J connectivity index is 1.56. The van der Waals surface area contributed by atoms with Crippen molar-refractivity contribution >= 4 is 17.4 Å². The van der Waals surface area contributed by atoms with Crippen LogP contribution in [0.3, 0.4) is 0 Å². The fourth-order valence-electron chi connectivity index (χ4n) is 3.31. The van der Waals surface area contributed by atoms with Crippen molar-refractivity contribution in [2.24, 2.45) is 0 Å². The van der Waals surface area contributed by atoms with Crippen LogP contribution >= 0.6 is 0 Å². The third-order valence-corrected chi connectivity index (χ3v) is 5.12. The standard InChI is InChI=1S/C23H24N6O4/c1-13-8-10-15(11-9-13)25-22(30)19-21(24)29(28-27-19)12-17-14(2)33-23(26-17)16-6-5-7-18(31-3)20(16)32-4/h5-11H,12,24H2,1-4H3,(H,25,30). The molecule has 0 radical (unpaired) electrons. The van der Waals surface area contributed by atoms with Crippen molar-refractivity contribution < 1.29 is 18.7 Å². The number of anilines is 2. The number of methoxy groups -OCH3 is 2. The number of nitrogens with one attached hydrogen (secondary N) is 1. The highest BCUT2D eigenvalue weighted by atomic mass is 16.5. The lowest BCUT2D eigenvalue weighted by Crippen LogP contribution is -2.15. The predicted octanol–water partition coefficient (Wildman–Crippen LogP) is 3.45. The fourth-order valence-corrected chi connectivity index (χ4v) is 3.31. The second kappa shape index (κ2) is 9.03. The zero-order valence-electron chi connectivity index (χ0n) is 18.7. The third-order valence-electron chi connectivity index (χ3n) is 5.12. The van der Waals surface area contributed by atoms with Gasteiger partial charge in [-0.05, 0) is 38.1 Å². The first-order valence-electron chi connectivity index (χ1n) is 10.2. The SMILES string of the molecule is COc1cccc(-c2nc(Cn3nnc(C(=O)Nc4ccc(C)cc4)c3N)c(C)o2)c1OC. The van der Waals surface area contributed by atoms with Crippen molar-refractivity contribution in [2.75, 3.05) is 25.3 Å². The first-order chi connectivity index (χ1) is 15.9.